The maximum atomic E-state index is 12.3. The maximum Gasteiger partial charge on any atom is 0.258 e. The van der Waals surface area contributed by atoms with E-state index in [1.165, 1.54) is 6.42 Å². The van der Waals surface area contributed by atoms with Crippen LogP contribution in [0.3, 0.4) is 0 Å². The Morgan fingerprint density at radius 2 is 2.05 bits per heavy atom. The number of pyridine rings is 1. The van der Waals surface area contributed by atoms with Gasteiger partial charge in [0.05, 0.1) is 0 Å². The number of hydrogen-bond acceptors (Lipinski definition) is 4. The first-order valence-electron chi connectivity index (χ1n) is 7.67. The number of hydrogen-bond donors (Lipinski definition) is 2. The molecule has 0 aliphatic heterocycles. The molecule has 0 radical (unpaired) electrons. The van der Waals surface area contributed by atoms with Gasteiger partial charge in [-0.25, -0.2) is 18.1 Å². The third-order valence-corrected chi connectivity index (χ3v) is 5.77. The predicted octanol–water partition coefficient (Wildman–Crippen LogP) is 2.05. The van der Waals surface area contributed by atoms with Gasteiger partial charge in [0.2, 0.25) is 0 Å². The molecular weight excluding hydrogens is 286 g/mol. The molecule has 2 N–H and O–H groups in total. The second-order valence-corrected chi connectivity index (χ2v) is 7.53. The standard InChI is InChI=1S/C15H25N3O2S/c1-3-15(8-5-9-15)12-18-21(19,20)14-7-6-13(11-17-14)10-16-4-2/h6-7,11,16,18H,3-5,8-10,12H2,1-2H3. The summed E-state index contributed by atoms with van der Waals surface area (Å²) in [5.74, 6) is 0. The molecule has 0 atom stereocenters. The summed E-state index contributed by atoms with van der Waals surface area (Å²) in [7, 11) is -3.50. The van der Waals surface area contributed by atoms with Gasteiger partial charge in [-0.1, -0.05) is 26.3 Å². The van der Waals surface area contributed by atoms with Gasteiger partial charge < -0.3 is 5.32 Å². The minimum atomic E-state index is -3.50. The van der Waals surface area contributed by atoms with Crippen LogP contribution in [0.5, 0.6) is 0 Å². The van der Waals surface area contributed by atoms with Gasteiger partial charge in [0.25, 0.3) is 10.0 Å². The molecule has 0 aromatic carbocycles. The molecule has 1 heterocycles. The highest BCUT2D eigenvalue weighted by molar-refractivity contribution is 7.89. The predicted molar refractivity (Wildman–Crippen MR) is 83.4 cm³/mol. The van der Waals surface area contributed by atoms with Crippen molar-refractivity contribution in [2.24, 2.45) is 5.41 Å². The normalized spacial score (nSPS) is 17.4. The van der Waals surface area contributed by atoms with Crippen LogP contribution in [0.4, 0.5) is 0 Å². The molecule has 1 aliphatic rings. The summed E-state index contributed by atoms with van der Waals surface area (Å²) < 4.78 is 27.3. The van der Waals surface area contributed by atoms with Crippen molar-refractivity contribution in [2.45, 2.75) is 51.1 Å². The summed E-state index contributed by atoms with van der Waals surface area (Å²) in [5.41, 5.74) is 1.15. The van der Waals surface area contributed by atoms with Gasteiger partial charge in [0.15, 0.2) is 5.03 Å². The van der Waals surface area contributed by atoms with E-state index in [0.717, 1.165) is 31.4 Å². The Morgan fingerprint density at radius 3 is 2.52 bits per heavy atom. The first kappa shape index (κ1) is 16.4. The molecule has 21 heavy (non-hydrogen) atoms. The molecule has 0 spiro atoms. The largest absolute Gasteiger partial charge is 0.313 e. The lowest BCUT2D eigenvalue weighted by molar-refractivity contribution is 0.133. The highest BCUT2D eigenvalue weighted by atomic mass is 32.2. The Morgan fingerprint density at radius 1 is 1.29 bits per heavy atom. The van der Waals surface area contributed by atoms with Gasteiger partial charge >= 0.3 is 0 Å². The Hall–Kier alpha value is -0.980. The lowest BCUT2D eigenvalue weighted by atomic mass is 9.67. The first-order valence-corrected chi connectivity index (χ1v) is 9.15. The molecule has 1 aromatic heterocycles. The van der Waals surface area contributed by atoms with Crippen molar-refractivity contribution in [3.05, 3.63) is 23.9 Å². The molecular formula is C15H25N3O2S. The third-order valence-electron chi connectivity index (χ3n) is 4.45. The molecule has 2 rings (SSSR count). The molecule has 0 amide bonds. The van der Waals surface area contributed by atoms with Crippen LogP contribution in [0.2, 0.25) is 0 Å². The van der Waals surface area contributed by atoms with Gasteiger partial charge in [0, 0.05) is 19.3 Å². The lowest BCUT2D eigenvalue weighted by Crippen LogP contribution is -2.41. The number of nitrogens with zero attached hydrogens (tertiary/aromatic N) is 1. The first-order chi connectivity index (χ1) is 10.0. The van der Waals surface area contributed by atoms with Crippen LogP contribution < -0.4 is 10.0 Å². The maximum absolute atomic E-state index is 12.3. The monoisotopic (exact) mass is 311 g/mol. The molecule has 5 nitrogen and oxygen atoms in total. The quantitative estimate of drug-likeness (QED) is 0.771. The fourth-order valence-electron chi connectivity index (χ4n) is 2.60. The van der Waals surface area contributed by atoms with Crippen LogP contribution in [-0.4, -0.2) is 26.5 Å². The second kappa shape index (κ2) is 6.85. The zero-order valence-corrected chi connectivity index (χ0v) is 13.7. The van der Waals surface area contributed by atoms with Crippen molar-refractivity contribution in [1.82, 2.24) is 15.0 Å². The van der Waals surface area contributed by atoms with E-state index in [2.05, 4.69) is 21.9 Å². The van der Waals surface area contributed by atoms with Crippen LogP contribution in [0, 0.1) is 5.41 Å². The number of aromatic nitrogens is 1. The molecule has 0 bridgehead atoms. The van der Waals surface area contributed by atoms with Gasteiger partial charge in [-0.3, -0.25) is 0 Å². The van der Waals surface area contributed by atoms with Crippen LogP contribution in [0.1, 0.15) is 45.1 Å². The van der Waals surface area contributed by atoms with E-state index in [1.807, 2.05) is 13.0 Å². The lowest BCUT2D eigenvalue weighted by Gasteiger charge is -2.41. The minimum absolute atomic E-state index is 0.105. The fourth-order valence-corrected chi connectivity index (χ4v) is 3.68. The zero-order valence-electron chi connectivity index (χ0n) is 12.9. The van der Waals surface area contributed by atoms with Crippen LogP contribution in [0.15, 0.2) is 23.4 Å². The summed E-state index contributed by atoms with van der Waals surface area (Å²) in [4.78, 5) is 4.08. The molecule has 1 aromatic rings. The zero-order chi connectivity index (χ0) is 15.3. The molecule has 0 unspecified atom stereocenters. The molecule has 0 saturated heterocycles. The van der Waals surface area contributed by atoms with Gasteiger partial charge in [-0.2, -0.15) is 0 Å². The van der Waals surface area contributed by atoms with Crippen molar-refractivity contribution < 1.29 is 8.42 Å². The Labute approximate surface area is 127 Å². The van der Waals surface area contributed by atoms with E-state index in [1.54, 1.807) is 12.3 Å². The van der Waals surface area contributed by atoms with Gasteiger partial charge in [-0.15, -0.1) is 0 Å². The molecule has 1 fully saturated rings. The third kappa shape index (κ3) is 4.02. The van der Waals surface area contributed by atoms with E-state index in [9.17, 15) is 8.42 Å². The summed E-state index contributed by atoms with van der Waals surface area (Å²) in [6, 6.07) is 3.39. The van der Waals surface area contributed by atoms with E-state index < -0.39 is 10.0 Å². The van der Waals surface area contributed by atoms with Crippen LogP contribution >= 0.6 is 0 Å². The van der Waals surface area contributed by atoms with E-state index in [0.29, 0.717) is 13.1 Å². The van der Waals surface area contributed by atoms with Gasteiger partial charge in [0.1, 0.15) is 0 Å². The van der Waals surface area contributed by atoms with Crippen molar-refractivity contribution in [2.75, 3.05) is 13.1 Å². The summed E-state index contributed by atoms with van der Waals surface area (Å²) in [6.07, 6.45) is 6.07. The average molecular weight is 311 g/mol. The summed E-state index contributed by atoms with van der Waals surface area (Å²) in [6.45, 7) is 6.25. The second-order valence-electron chi connectivity index (χ2n) is 5.82. The number of sulfonamides is 1. The Bertz CT molecular complexity index is 545. The van der Waals surface area contributed by atoms with Crippen molar-refractivity contribution in [3.63, 3.8) is 0 Å². The SMILES string of the molecule is CCNCc1ccc(S(=O)(=O)NCC2(CC)CCC2)nc1. The average Bonchev–Trinajstić information content (AvgIpc) is 2.45. The molecule has 1 saturated carbocycles. The molecule has 1 aliphatic carbocycles. The Kier molecular flexibility index (Phi) is 5.35. The smallest absolute Gasteiger partial charge is 0.258 e. The Balaban J connectivity index is 1.98. The van der Waals surface area contributed by atoms with Crippen LogP contribution in [-0.2, 0) is 16.6 Å². The number of rotatable bonds is 8. The minimum Gasteiger partial charge on any atom is -0.313 e. The fraction of sp³-hybridized carbons (Fsp3) is 0.667. The number of nitrogens with one attached hydrogen (secondary N) is 2. The molecule has 6 heteroatoms. The van der Waals surface area contributed by atoms with Crippen molar-refractivity contribution in [1.29, 1.82) is 0 Å². The highest BCUT2D eigenvalue weighted by Crippen LogP contribution is 2.43. The highest BCUT2D eigenvalue weighted by Gasteiger charge is 2.36. The van der Waals surface area contributed by atoms with Crippen molar-refractivity contribution in [3.8, 4) is 0 Å². The van der Waals surface area contributed by atoms with E-state index >= 15 is 0 Å². The van der Waals surface area contributed by atoms with E-state index in [-0.39, 0.29) is 10.4 Å². The van der Waals surface area contributed by atoms with Crippen molar-refractivity contribution >= 4 is 10.0 Å². The molecule has 118 valence electrons. The summed E-state index contributed by atoms with van der Waals surface area (Å²) in [5, 5.41) is 3.29. The van der Waals surface area contributed by atoms with Crippen LogP contribution in [0.25, 0.3) is 0 Å². The summed E-state index contributed by atoms with van der Waals surface area (Å²) >= 11 is 0. The van der Waals surface area contributed by atoms with Gasteiger partial charge in [-0.05, 0) is 42.9 Å². The van der Waals surface area contributed by atoms with E-state index in [4.69, 9.17) is 0 Å². The topological polar surface area (TPSA) is 71.1 Å².